The summed E-state index contributed by atoms with van der Waals surface area (Å²) in [5, 5.41) is 0. The number of benzene rings is 1. The van der Waals surface area contributed by atoms with Gasteiger partial charge >= 0.3 is 0 Å². The van der Waals surface area contributed by atoms with E-state index in [2.05, 4.69) is 4.90 Å². The van der Waals surface area contributed by atoms with Crippen molar-refractivity contribution in [2.45, 2.75) is 12.8 Å². The summed E-state index contributed by atoms with van der Waals surface area (Å²) in [6.45, 7) is 2.03. The van der Waals surface area contributed by atoms with Crippen molar-refractivity contribution in [2.24, 2.45) is 0 Å². The van der Waals surface area contributed by atoms with Crippen molar-refractivity contribution in [2.75, 3.05) is 23.7 Å². The highest BCUT2D eigenvalue weighted by Gasteiger charge is 2.12. The van der Waals surface area contributed by atoms with Gasteiger partial charge in [-0.25, -0.2) is 4.39 Å². The fourth-order valence-corrected chi connectivity index (χ4v) is 1.75. The van der Waals surface area contributed by atoms with Gasteiger partial charge < -0.3 is 10.6 Å². The van der Waals surface area contributed by atoms with Gasteiger partial charge in [-0.2, -0.15) is 0 Å². The number of nitrogens with two attached hydrogens (primary N) is 1. The van der Waals surface area contributed by atoms with E-state index >= 15 is 0 Å². The Balaban J connectivity index is 2.28. The third kappa shape index (κ3) is 1.74. The standard InChI is InChI=1S/C10H13FN2/c11-8-5-9(12)7-10(6-8)13-3-1-2-4-13/h5-7H,1-4,12H2. The first-order valence-corrected chi connectivity index (χ1v) is 4.57. The average molecular weight is 180 g/mol. The van der Waals surface area contributed by atoms with Crippen LogP contribution in [-0.4, -0.2) is 13.1 Å². The van der Waals surface area contributed by atoms with Gasteiger partial charge in [0.05, 0.1) is 0 Å². The first-order chi connectivity index (χ1) is 6.25. The molecule has 13 heavy (non-hydrogen) atoms. The second kappa shape index (κ2) is 3.24. The minimum absolute atomic E-state index is 0.248. The molecule has 0 amide bonds. The highest BCUT2D eigenvalue weighted by Crippen LogP contribution is 2.23. The molecule has 2 rings (SSSR count). The van der Waals surface area contributed by atoms with Crippen LogP contribution in [0, 0.1) is 5.82 Å². The van der Waals surface area contributed by atoms with Crippen LogP contribution in [0.25, 0.3) is 0 Å². The number of hydrogen-bond donors (Lipinski definition) is 1. The Labute approximate surface area is 77.2 Å². The van der Waals surface area contributed by atoms with E-state index in [9.17, 15) is 4.39 Å². The molecule has 2 nitrogen and oxygen atoms in total. The number of rotatable bonds is 1. The molecule has 1 aliphatic heterocycles. The fourth-order valence-electron chi connectivity index (χ4n) is 1.75. The molecule has 0 aromatic heterocycles. The fraction of sp³-hybridized carbons (Fsp3) is 0.400. The molecule has 0 bridgehead atoms. The zero-order valence-electron chi connectivity index (χ0n) is 7.46. The van der Waals surface area contributed by atoms with Crippen LogP contribution in [-0.2, 0) is 0 Å². The van der Waals surface area contributed by atoms with Gasteiger partial charge in [-0.15, -0.1) is 0 Å². The molecule has 3 heteroatoms. The third-order valence-electron chi connectivity index (χ3n) is 2.38. The van der Waals surface area contributed by atoms with E-state index in [0.717, 1.165) is 18.8 Å². The van der Waals surface area contributed by atoms with Gasteiger partial charge in [0.25, 0.3) is 0 Å². The Morgan fingerprint density at radius 1 is 1.15 bits per heavy atom. The molecule has 0 unspecified atom stereocenters. The maximum atomic E-state index is 13.0. The lowest BCUT2D eigenvalue weighted by atomic mass is 10.2. The smallest absolute Gasteiger partial charge is 0.127 e. The lowest BCUT2D eigenvalue weighted by molar-refractivity contribution is 0.628. The minimum atomic E-state index is -0.248. The quantitative estimate of drug-likeness (QED) is 0.670. The molecule has 0 spiro atoms. The monoisotopic (exact) mass is 180 g/mol. The van der Waals surface area contributed by atoms with E-state index in [0.29, 0.717) is 5.69 Å². The number of halogens is 1. The molecule has 0 aliphatic carbocycles. The minimum Gasteiger partial charge on any atom is -0.399 e. The lowest BCUT2D eigenvalue weighted by Gasteiger charge is -2.17. The van der Waals surface area contributed by atoms with Crippen LogP contribution in [0.15, 0.2) is 18.2 Å². The largest absolute Gasteiger partial charge is 0.399 e. The van der Waals surface area contributed by atoms with Crippen LogP contribution in [0.3, 0.4) is 0 Å². The summed E-state index contributed by atoms with van der Waals surface area (Å²) in [6.07, 6.45) is 2.38. The van der Waals surface area contributed by atoms with E-state index in [1.165, 1.54) is 18.9 Å². The summed E-state index contributed by atoms with van der Waals surface area (Å²) in [6, 6.07) is 4.72. The molecule has 0 saturated carbocycles. The van der Waals surface area contributed by atoms with Crippen LogP contribution in [0.2, 0.25) is 0 Å². The van der Waals surface area contributed by atoms with E-state index in [4.69, 9.17) is 5.73 Å². The molecular weight excluding hydrogens is 167 g/mol. The normalized spacial score (nSPS) is 16.5. The molecule has 1 fully saturated rings. The van der Waals surface area contributed by atoms with E-state index in [1.807, 2.05) is 6.07 Å². The highest BCUT2D eigenvalue weighted by atomic mass is 19.1. The van der Waals surface area contributed by atoms with Gasteiger partial charge in [0.2, 0.25) is 0 Å². The molecule has 1 aromatic carbocycles. The van der Waals surface area contributed by atoms with Crippen molar-refractivity contribution < 1.29 is 4.39 Å². The van der Waals surface area contributed by atoms with Crippen LogP contribution >= 0.6 is 0 Å². The Hall–Kier alpha value is -1.25. The van der Waals surface area contributed by atoms with E-state index < -0.39 is 0 Å². The van der Waals surface area contributed by atoms with Crippen molar-refractivity contribution >= 4 is 11.4 Å². The summed E-state index contributed by atoms with van der Waals surface area (Å²) in [5.41, 5.74) is 6.97. The van der Waals surface area contributed by atoms with E-state index in [1.54, 1.807) is 6.07 Å². The molecule has 2 N–H and O–H groups in total. The predicted octanol–water partition coefficient (Wildman–Crippen LogP) is 2.01. The number of nitrogen functional groups attached to an aromatic ring is 1. The van der Waals surface area contributed by atoms with Crippen molar-refractivity contribution in [3.05, 3.63) is 24.0 Å². The second-order valence-electron chi connectivity index (χ2n) is 3.44. The first-order valence-electron chi connectivity index (χ1n) is 4.57. The zero-order chi connectivity index (χ0) is 9.26. The van der Waals surface area contributed by atoms with Gasteiger partial charge in [0.15, 0.2) is 0 Å². The van der Waals surface area contributed by atoms with Crippen molar-refractivity contribution in [3.8, 4) is 0 Å². The third-order valence-corrected chi connectivity index (χ3v) is 2.38. The molecule has 0 atom stereocenters. The topological polar surface area (TPSA) is 29.3 Å². The molecule has 1 saturated heterocycles. The lowest BCUT2D eigenvalue weighted by Crippen LogP contribution is -2.17. The van der Waals surface area contributed by atoms with Crippen molar-refractivity contribution in [1.29, 1.82) is 0 Å². The maximum absolute atomic E-state index is 13.0. The van der Waals surface area contributed by atoms with Crippen molar-refractivity contribution in [3.63, 3.8) is 0 Å². The molecule has 1 aromatic rings. The molecular formula is C10H13FN2. The Kier molecular flexibility index (Phi) is 2.08. The second-order valence-corrected chi connectivity index (χ2v) is 3.44. The van der Waals surface area contributed by atoms with Gasteiger partial charge in [-0.1, -0.05) is 0 Å². The average Bonchev–Trinajstić information content (AvgIpc) is 2.53. The van der Waals surface area contributed by atoms with Crippen molar-refractivity contribution in [1.82, 2.24) is 0 Å². The van der Waals surface area contributed by atoms with Crippen LogP contribution in [0.4, 0.5) is 15.8 Å². The molecule has 1 aliphatic rings. The summed E-state index contributed by atoms with van der Waals surface area (Å²) < 4.78 is 13.0. The molecule has 1 heterocycles. The maximum Gasteiger partial charge on any atom is 0.127 e. The molecule has 70 valence electrons. The van der Waals surface area contributed by atoms with E-state index in [-0.39, 0.29) is 5.82 Å². The number of anilines is 2. The summed E-state index contributed by atoms with van der Waals surface area (Å²) in [4.78, 5) is 2.17. The summed E-state index contributed by atoms with van der Waals surface area (Å²) in [7, 11) is 0. The number of hydrogen-bond acceptors (Lipinski definition) is 2. The Morgan fingerprint density at radius 3 is 2.46 bits per heavy atom. The van der Waals surface area contributed by atoms with Gasteiger partial charge in [-0.05, 0) is 31.0 Å². The van der Waals surface area contributed by atoms with Crippen LogP contribution in [0.1, 0.15) is 12.8 Å². The SMILES string of the molecule is Nc1cc(F)cc(N2CCCC2)c1. The van der Waals surface area contributed by atoms with Gasteiger partial charge in [0.1, 0.15) is 5.82 Å². The van der Waals surface area contributed by atoms with Crippen LogP contribution < -0.4 is 10.6 Å². The summed E-state index contributed by atoms with van der Waals surface area (Å²) in [5.74, 6) is -0.248. The number of nitrogens with zero attached hydrogens (tertiary/aromatic N) is 1. The van der Waals surface area contributed by atoms with Crippen LogP contribution in [0.5, 0.6) is 0 Å². The molecule has 0 radical (unpaired) electrons. The first kappa shape index (κ1) is 8.35. The summed E-state index contributed by atoms with van der Waals surface area (Å²) >= 11 is 0. The van der Waals surface area contributed by atoms with Gasteiger partial charge in [-0.3, -0.25) is 0 Å². The zero-order valence-corrected chi connectivity index (χ0v) is 7.46. The highest BCUT2D eigenvalue weighted by molar-refractivity contribution is 5.56. The van der Waals surface area contributed by atoms with Gasteiger partial charge in [0, 0.05) is 24.5 Å². The predicted molar refractivity (Wildman–Crippen MR) is 52.3 cm³/mol. The Morgan fingerprint density at radius 2 is 1.85 bits per heavy atom. The Bertz CT molecular complexity index is 286.